The number of halogens is 1. The number of rotatable bonds is 3. The molecule has 1 saturated carbocycles. The van der Waals surface area contributed by atoms with Crippen LogP contribution in [0.1, 0.15) is 58.8 Å². The van der Waals surface area contributed by atoms with Crippen molar-refractivity contribution in [3.8, 4) is 0 Å². The Morgan fingerprint density at radius 1 is 1.33 bits per heavy atom. The number of carbonyl (C=O) groups excluding carboxylic acids is 1. The molecule has 1 heterocycles. The zero-order valence-electron chi connectivity index (χ0n) is 11.8. The van der Waals surface area contributed by atoms with Crippen LogP contribution < -0.4 is 0 Å². The smallest absolute Gasteiger partial charge is 0.228 e. The van der Waals surface area contributed by atoms with Crippen molar-refractivity contribution in [2.75, 3.05) is 13.1 Å². The third-order valence-electron chi connectivity index (χ3n) is 4.46. The Bertz CT molecular complexity index is 297. The SMILES string of the molecule is CC(C)CC1(C(=O)N2CCCC(Br)C2)CCCC1. The molecule has 1 saturated heterocycles. The highest BCUT2D eigenvalue weighted by molar-refractivity contribution is 9.09. The van der Waals surface area contributed by atoms with Gasteiger partial charge in [-0.1, -0.05) is 42.6 Å². The van der Waals surface area contributed by atoms with Crippen molar-refractivity contribution >= 4 is 21.8 Å². The summed E-state index contributed by atoms with van der Waals surface area (Å²) in [5.41, 5.74) is -0.0156. The molecule has 18 heavy (non-hydrogen) atoms. The van der Waals surface area contributed by atoms with E-state index in [2.05, 4.69) is 34.7 Å². The van der Waals surface area contributed by atoms with Gasteiger partial charge < -0.3 is 4.90 Å². The van der Waals surface area contributed by atoms with Gasteiger partial charge in [0.1, 0.15) is 0 Å². The Kier molecular flexibility index (Phi) is 4.74. The van der Waals surface area contributed by atoms with Crippen LogP contribution in [-0.4, -0.2) is 28.7 Å². The Morgan fingerprint density at radius 2 is 2.00 bits per heavy atom. The molecule has 2 rings (SSSR count). The molecule has 2 fully saturated rings. The summed E-state index contributed by atoms with van der Waals surface area (Å²) < 4.78 is 0. The van der Waals surface area contributed by atoms with E-state index in [-0.39, 0.29) is 5.41 Å². The van der Waals surface area contributed by atoms with Crippen LogP contribution in [0.2, 0.25) is 0 Å². The Labute approximate surface area is 120 Å². The summed E-state index contributed by atoms with van der Waals surface area (Å²) in [5, 5.41) is 0. The second-order valence-electron chi connectivity index (χ2n) is 6.58. The van der Waals surface area contributed by atoms with Crippen LogP contribution in [0.25, 0.3) is 0 Å². The Morgan fingerprint density at radius 3 is 2.56 bits per heavy atom. The standard InChI is InChI=1S/C15H26BrNO/c1-12(2)10-15(7-3-4-8-15)14(18)17-9-5-6-13(16)11-17/h12-13H,3-11H2,1-2H3. The number of amides is 1. The quantitative estimate of drug-likeness (QED) is 0.721. The van der Waals surface area contributed by atoms with E-state index in [1.807, 2.05) is 0 Å². The molecule has 0 radical (unpaired) electrons. The number of alkyl halides is 1. The lowest BCUT2D eigenvalue weighted by atomic mass is 9.77. The highest BCUT2D eigenvalue weighted by Gasteiger charge is 2.44. The fraction of sp³-hybridized carbons (Fsp3) is 0.933. The molecule has 104 valence electrons. The maximum atomic E-state index is 12.9. The van der Waals surface area contributed by atoms with Crippen LogP contribution in [0.4, 0.5) is 0 Å². The molecular weight excluding hydrogens is 290 g/mol. The maximum Gasteiger partial charge on any atom is 0.228 e. The second kappa shape index (κ2) is 5.94. The minimum Gasteiger partial charge on any atom is -0.341 e. The van der Waals surface area contributed by atoms with Crippen LogP contribution in [0.15, 0.2) is 0 Å². The van der Waals surface area contributed by atoms with Gasteiger partial charge in [0.05, 0.1) is 0 Å². The predicted molar refractivity (Wildman–Crippen MR) is 78.9 cm³/mol. The van der Waals surface area contributed by atoms with E-state index >= 15 is 0 Å². The zero-order chi connectivity index (χ0) is 13.2. The van der Waals surface area contributed by atoms with Crippen molar-refractivity contribution in [2.24, 2.45) is 11.3 Å². The summed E-state index contributed by atoms with van der Waals surface area (Å²) in [4.78, 5) is 15.6. The first kappa shape index (κ1) is 14.4. The van der Waals surface area contributed by atoms with Gasteiger partial charge in [-0.15, -0.1) is 0 Å². The van der Waals surface area contributed by atoms with Gasteiger partial charge in [0.15, 0.2) is 0 Å². The fourth-order valence-electron chi connectivity index (χ4n) is 3.78. The first-order chi connectivity index (χ1) is 8.53. The minimum atomic E-state index is -0.0156. The van der Waals surface area contributed by atoms with E-state index < -0.39 is 0 Å². The van der Waals surface area contributed by atoms with Crippen molar-refractivity contribution in [1.29, 1.82) is 0 Å². The number of piperidine rings is 1. The molecule has 0 N–H and O–H groups in total. The van der Waals surface area contributed by atoms with E-state index in [1.165, 1.54) is 19.3 Å². The average Bonchev–Trinajstić information content (AvgIpc) is 2.77. The maximum absolute atomic E-state index is 12.9. The van der Waals surface area contributed by atoms with Crippen molar-refractivity contribution < 1.29 is 4.79 Å². The van der Waals surface area contributed by atoms with E-state index in [0.29, 0.717) is 16.7 Å². The summed E-state index contributed by atoms with van der Waals surface area (Å²) in [7, 11) is 0. The normalized spacial score (nSPS) is 27.8. The fourth-order valence-corrected chi connectivity index (χ4v) is 4.46. The number of carbonyl (C=O) groups is 1. The van der Waals surface area contributed by atoms with Gasteiger partial charge in [0, 0.05) is 23.3 Å². The van der Waals surface area contributed by atoms with Crippen LogP contribution >= 0.6 is 15.9 Å². The molecular formula is C15H26BrNO. The van der Waals surface area contributed by atoms with E-state index in [4.69, 9.17) is 0 Å². The van der Waals surface area contributed by atoms with Crippen molar-refractivity contribution in [2.45, 2.75) is 63.6 Å². The van der Waals surface area contributed by atoms with Gasteiger partial charge in [0.25, 0.3) is 0 Å². The van der Waals surface area contributed by atoms with Crippen LogP contribution in [0, 0.1) is 11.3 Å². The molecule has 1 unspecified atom stereocenters. The first-order valence-corrected chi connectivity index (χ1v) is 8.38. The van der Waals surface area contributed by atoms with Gasteiger partial charge >= 0.3 is 0 Å². The van der Waals surface area contributed by atoms with Crippen LogP contribution in [0.5, 0.6) is 0 Å². The molecule has 0 aromatic carbocycles. The van der Waals surface area contributed by atoms with Crippen LogP contribution in [0.3, 0.4) is 0 Å². The molecule has 0 bridgehead atoms. The summed E-state index contributed by atoms with van der Waals surface area (Å²) in [6.07, 6.45) is 8.16. The molecule has 1 atom stereocenters. The van der Waals surface area contributed by atoms with Crippen LogP contribution in [-0.2, 0) is 4.79 Å². The van der Waals surface area contributed by atoms with Crippen molar-refractivity contribution in [3.05, 3.63) is 0 Å². The number of likely N-dealkylation sites (tertiary alicyclic amines) is 1. The molecule has 1 aliphatic heterocycles. The molecule has 2 nitrogen and oxygen atoms in total. The zero-order valence-corrected chi connectivity index (χ0v) is 13.3. The molecule has 0 aromatic rings. The minimum absolute atomic E-state index is 0.0156. The van der Waals surface area contributed by atoms with E-state index in [1.54, 1.807) is 0 Å². The summed E-state index contributed by atoms with van der Waals surface area (Å²) in [6.45, 7) is 6.38. The first-order valence-electron chi connectivity index (χ1n) is 7.47. The largest absolute Gasteiger partial charge is 0.341 e. The third-order valence-corrected chi connectivity index (χ3v) is 5.21. The highest BCUT2D eigenvalue weighted by Crippen LogP contribution is 2.45. The topological polar surface area (TPSA) is 20.3 Å². The lowest BCUT2D eigenvalue weighted by molar-refractivity contribution is -0.143. The van der Waals surface area contributed by atoms with E-state index in [9.17, 15) is 4.79 Å². The van der Waals surface area contributed by atoms with Crippen molar-refractivity contribution in [3.63, 3.8) is 0 Å². The molecule has 3 heteroatoms. The molecule has 1 amide bonds. The van der Waals surface area contributed by atoms with Gasteiger partial charge in [0.2, 0.25) is 5.91 Å². The monoisotopic (exact) mass is 315 g/mol. The van der Waals surface area contributed by atoms with Gasteiger partial charge in [-0.2, -0.15) is 0 Å². The number of hydrogen-bond donors (Lipinski definition) is 0. The predicted octanol–water partition coefficient (Wildman–Crippen LogP) is 3.98. The Hall–Kier alpha value is -0.0500. The second-order valence-corrected chi connectivity index (χ2v) is 7.87. The number of nitrogens with zero attached hydrogens (tertiary/aromatic N) is 1. The van der Waals surface area contributed by atoms with E-state index in [0.717, 1.165) is 38.8 Å². The number of hydrogen-bond acceptors (Lipinski definition) is 1. The summed E-state index contributed by atoms with van der Waals surface area (Å²) >= 11 is 3.68. The molecule has 1 aliphatic carbocycles. The Balaban J connectivity index is 2.08. The van der Waals surface area contributed by atoms with Gasteiger partial charge in [-0.3, -0.25) is 4.79 Å². The van der Waals surface area contributed by atoms with Crippen molar-refractivity contribution in [1.82, 2.24) is 4.90 Å². The molecule has 0 aromatic heterocycles. The molecule has 0 spiro atoms. The third kappa shape index (κ3) is 3.09. The summed E-state index contributed by atoms with van der Waals surface area (Å²) in [6, 6.07) is 0. The van der Waals surface area contributed by atoms with Gasteiger partial charge in [-0.05, 0) is 38.0 Å². The molecule has 2 aliphatic rings. The lowest BCUT2D eigenvalue weighted by Gasteiger charge is -2.38. The summed E-state index contributed by atoms with van der Waals surface area (Å²) in [5.74, 6) is 1.08. The average molecular weight is 316 g/mol. The highest BCUT2D eigenvalue weighted by atomic mass is 79.9. The lowest BCUT2D eigenvalue weighted by Crippen LogP contribution is -2.48. The van der Waals surface area contributed by atoms with Gasteiger partial charge in [-0.25, -0.2) is 0 Å².